The zero-order valence-electron chi connectivity index (χ0n) is 11.3. The van der Waals surface area contributed by atoms with Gasteiger partial charge in [-0.3, -0.25) is 14.9 Å². The maximum absolute atomic E-state index is 11.4. The third-order valence-corrected chi connectivity index (χ3v) is 2.34. The highest BCUT2D eigenvalue weighted by molar-refractivity contribution is 5.78. The van der Waals surface area contributed by atoms with Gasteiger partial charge in [0.2, 0.25) is 0 Å². The van der Waals surface area contributed by atoms with Gasteiger partial charge in [0.1, 0.15) is 0 Å². The summed E-state index contributed by atoms with van der Waals surface area (Å²) in [5.74, 6) is -1.45. The monoisotopic (exact) mass is 302 g/mol. The first-order valence-corrected chi connectivity index (χ1v) is 5.67. The second kappa shape index (κ2) is 8.30. The lowest BCUT2D eigenvalue weighted by Gasteiger charge is -2.10. The molecule has 2 N–H and O–H groups in total. The number of benzene rings is 1. The van der Waals surface area contributed by atoms with Gasteiger partial charge >= 0.3 is 11.7 Å². The van der Waals surface area contributed by atoms with Crippen LogP contribution in [-0.4, -0.2) is 32.9 Å². The number of phenols is 1. The molecule has 1 rings (SSSR count). The number of aromatic hydroxyl groups is 1. The molecule has 116 valence electrons. The number of hydrogen-bond acceptors (Lipinski definition) is 7. The van der Waals surface area contributed by atoms with Crippen molar-refractivity contribution < 1.29 is 29.9 Å². The predicted octanol–water partition coefficient (Wildman–Crippen LogP) is 1.62. The van der Waals surface area contributed by atoms with Gasteiger partial charge in [0.25, 0.3) is 5.09 Å². The quantitative estimate of drug-likeness (QED) is 0.483. The Balaban J connectivity index is 0.000000885. The summed E-state index contributed by atoms with van der Waals surface area (Å²) in [6.45, 7) is 3.57. The minimum atomic E-state index is -1.50. The molecule has 1 aromatic rings. The topological polar surface area (TPSA) is 153 Å². The van der Waals surface area contributed by atoms with Crippen LogP contribution in [0.25, 0.3) is 0 Å². The number of hydrogen-bond donors (Lipinski definition) is 2. The van der Waals surface area contributed by atoms with E-state index in [9.17, 15) is 20.0 Å². The molecule has 1 unspecified atom stereocenters. The molecule has 0 heterocycles. The van der Waals surface area contributed by atoms with E-state index in [1.165, 1.54) is 18.2 Å². The van der Waals surface area contributed by atoms with Crippen molar-refractivity contribution in [1.29, 1.82) is 0 Å². The van der Waals surface area contributed by atoms with Crippen LogP contribution in [0.3, 0.4) is 0 Å². The van der Waals surface area contributed by atoms with Gasteiger partial charge in [-0.15, -0.1) is 10.1 Å². The number of esters is 1. The lowest BCUT2D eigenvalue weighted by Crippen LogP contribution is -2.12. The van der Waals surface area contributed by atoms with Crippen molar-refractivity contribution in [3.63, 3.8) is 0 Å². The molecular weight excluding hydrogens is 288 g/mol. The number of nitrogens with zero attached hydrogens (tertiary/aromatic N) is 2. The van der Waals surface area contributed by atoms with Crippen molar-refractivity contribution in [2.75, 3.05) is 6.61 Å². The number of carbonyl (C=O) groups excluding carboxylic acids is 1. The van der Waals surface area contributed by atoms with Gasteiger partial charge in [0, 0.05) is 6.07 Å². The summed E-state index contributed by atoms with van der Waals surface area (Å²) in [5.41, 5.74) is 0.0939. The molecule has 0 radical (unpaired) electrons. The third-order valence-electron chi connectivity index (χ3n) is 2.34. The molecule has 10 heteroatoms. The Morgan fingerprint density at radius 1 is 1.38 bits per heavy atom. The first-order valence-electron chi connectivity index (χ1n) is 5.67. The van der Waals surface area contributed by atoms with E-state index in [1.807, 2.05) is 0 Å². The zero-order valence-corrected chi connectivity index (χ0v) is 11.3. The molecule has 0 saturated carbocycles. The molecule has 1 atom stereocenters. The van der Waals surface area contributed by atoms with Crippen molar-refractivity contribution in [3.8, 4) is 5.75 Å². The Kier molecular flexibility index (Phi) is 7.15. The van der Waals surface area contributed by atoms with E-state index in [1.54, 1.807) is 13.8 Å². The van der Waals surface area contributed by atoms with Crippen molar-refractivity contribution in [3.05, 3.63) is 44.0 Å². The molecule has 0 fully saturated rings. The minimum Gasteiger partial charge on any atom is -0.502 e. The standard InChI is InChI=1S/C11H13NO5.HNO3/c1-3-17-11(14)7(2)8-4-5-9(12(15)16)10(13)6-8;2-1(3)4/h4-7,13H,3H2,1-2H3;(H,2,3,4). The summed E-state index contributed by atoms with van der Waals surface area (Å²) >= 11 is 0. The van der Waals surface area contributed by atoms with Crippen molar-refractivity contribution >= 4 is 11.7 Å². The summed E-state index contributed by atoms with van der Waals surface area (Å²) in [6, 6.07) is 3.81. The summed E-state index contributed by atoms with van der Waals surface area (Å²) in [5, 5.41) is 33.6. The predicted molar refractivity (Wildman–Crippen MR) is 68.6 cm³/mol. The van der Waals surface area contributed by atoms with E-state index in [0.29, 0.717) is 5.56 Å². The van der Waals surface area contributed by atoms with E-state index in [4.69, 9.17) is 20.1 Å². The highest BCUT2D eigenvalue weighted by Crippen LogP contribution is 2.29. The second-order valence-corrected chi connectivity index (χ2v) is 3.72. The Labute approximate surface area is 118 Å². The Hall–Kier alpha value is -2.91. The van der Waals surface area contributed by atoms with E-state index in [2.05, 4.69) is 0 Å². The molecular formula is C11H14N2O8. The largest absolute Gasteiger partial charge is 0.502 e. The van der Waals surface area contributed by atoms with Crippen LogP contribution in [0.15, 0.2) is 18.2 Å². The number of nitro benzene ring substituents is 1. The van der Waals surface area contributed by atoms with Crippen molar-refractivity contribution in [1.82, 2.24) is 0 Å². The number of ether oxygens (including phenoxy) is 1. The van der Waals surface area contributed by atoms with E-state index in [0.717, 1.165) is 0 Å². The molecule has 1 aromatic carbocycles. The molecule has 0 amide bonds. The van der Waals surface area contributed by atoms with Crippen LogP contribution in [0, 0.1) is 20.2 Å². The van der Waals surface area contributed by atoms with E-state index < -0.39 is 27.6 Å². The average molecular weight is 302 g/mol. The Morgan fingerprint density at radius 2 is 1.90 bits per heavy atom. The number of carbonyl (C=O) groups is 1. The van der Waals surface area contributed by atoms with Gasteiger partial charge < -0.3 is 15.1 Å². The van der Waals surface area contributed by atoms with Crippen LogP contribution in [0.1, 0.15) is 25.3 Å². The Bertz CT molecular complexity index is 527. The lowest BCUT2D eigenvalue weighted by atomic mass is 10.0. The minimum absolute atomic E-state index is 0.266. The first kappa shape index (κ1) is 18.1. The molecule has 21 heavy (non-hydrogen) atoms. The van der Waals surface area contributed by atoms with Crippen molar-refractivity contribution in [2.24, 2.45) is 0 Å². The Morgan fingerprint density at radius 3 is 2.29 bits per heavy atom. The molecule has 0 spiro atoms. The smallest absolute Gasteiger partial charge is 0.313 e. The van der Waals surface area contributed by atoms with Gasteiger partial charge in [0.15, 0.2) is 5.75 Å². The fraction of sp³-hybridized carbons (Fsp3) is 0.364. The first-order chi connectivity index (χ1) is 9.70. The molecule has 0 aliphatic heterocycles. The summed E-state index contributed by atoms with van der Waals surface area (Å²) in [7, 11) is 0. The molecule has 0 aromatic heterocycles. The number of phenolic OH excluding ortho intramolecular Hbond substituents is 1. The maximum atomic E-state index is 11.4. The average Bonchev–Trinajstić information content (AvgIpc) is 2.36. The molecule has 0 aliphatic carbocycles. The fourth-order valence-corrected chi connectivity index (χ4v) is 1.37. The van der Waals surface area contributed by atoms with Crippen LogP contribution >= 0.6 is 0 Å². The van der Waals surface area contributed by atoms with Gasteiger partial charge in [0.05, 0.1) is 17.4 Å². The van der Waals surface area contributed by atoms with Crippen LogP contribution in [0.5, 0.6) is 5.75 Å². The highest BCUT2D eigenvalue weighted by Gasteiger charge is 2.20. The van der Waals surface area contributed by atoms with Gasteiger partial charge in [-0.2, -0.15) is 0 Å². The van der Waals surface area contributed by atoms with Gasteiger partial charge in [-0.1, -0.05) is 6.07 Å². The second-order valence-electron chi connectivity index (χ2n) is 3.72. The van der Waals surface area contributed by atoms with E-state index in [-0.39, 0.29) is 12.3 Å². The summed E-state index contributed by atoms with van der Waals surface area (Å²) in [4.78, 5) is 29.6. The highest BCUT2D eigenvalue weighted by atomic mass is 16.9. The van der Waals surface area contributed by atoms with Gasteiger partial charge in [-0.05, 0) is 25.5 Å². The fourth-order valence-electron chi connectivity index (χ4n) is 1.37. The zero-order chi connectivity index (χ0) is 16.6. The normalized spacial score (nSPS) is 10.8. The molecule has 0 saturated heterocycles. The molecule has 0 aliphatic rings. The van der Waals surface area contributed by atoms with Crippen LogP contribution < -0.4 is 0 Å². The van der Waals surface area contributed by atoms with E-state index >= 15 is 0 Å². The van der Waals surface area contributed by atoms with Gasteiger partial charge in [-0.25, -0.2) is 0 Å². The summed E-state index contributed by atoms with van der Waals surface area (Å²) < 4.78 is 4.82. The van der Waals surface area contributed by atoms with Crippen molar-refractivity contribution in [2.45, 2.75) is 19.8 Å². The van der Waals surface area contributed by atoms with Crippen LogP contribution in [0.4, 0.5) is 5.69 Å². The van der Waals surface area contributed by atoms with Crippen LogP contribution in [-0.2, 0) is 9.53 Å². The molecule has 10 nitrogen and oxygen atoms in total. The van der Waals surface area contributed by atoms with Crippen LogP contribution in [0.2, 0.25) is 0 Å². The summed E-state index contributed by atoms with van der Waals surface area (Å²) in [6.07, 6.45) is 0. The maximum Gasteiger partial charge on any atom is 0.313 e. The SMILES string of the molecule is CCOC(=O)C(C)c1ccc([N+](=O)[O-])c(O)c1.O=[N+]([O-])O. The number of rotatable bonds is 4. The molecule has 0 bridgehead atoms. The number of nitro groups is 1. The lowest BCUT2D eigenvalue weighted by molar-refractivity contribution is -0.742. The third kappa shape index (κ3) is 6.18.